The average Bonchev–Trinajstić information content (AvgIpc) is 3.07. The Hall–Kier alpha value is -2.54. The molecular formula is C19H22N2O4S. The van der Waals surface area contributed by atoms with Gasteiger partial charge in [-0.25, -0.2) is 8.42 Å². The van der Waals surface area contributed by atoms with Gasteiger partial charge < -0.3 is 9.47 Å². The van der Waals surface area contributed by atoms with Gasteiger partial charge in [0, 0.05) is 12.0 Å². The molecule has 3 rings (SSSR count). The number of nitrogens with zero attached hydrogens (tertiary/aromatic N) is 2. The molecule has 0 N–H and O–H groups in total. The lowest BCUT2D eigenvalue weighted by Gasteiger charge is -2.23. The molecule has 138 valence electrons. The van der Waals surface area contributed by atoms with Crippen molar-refractivity contribution in [2.24, 2.45) is 5.10 Å². The van der Waals surface area contributed by atoms with Crippen LogP contribution in [-0.4, -0.2) is 39.0 Å². The van der Waals surface area contributed by atoms with Crippen molar-refractivity contribution in [1.82, 2.24) is 4.41 Å². The molecule has 0 spiro atoms. The summed E-state index contributed by atoms with van der Waals surface area (Å²) in [7, 11) is -0.410. The quantitative estimate of drug-likeness (QED) is 0.806. The van der Waals surface area contributed by atoms with E-state index in [4.69, 9.17) is 9.47 Å². The largest absolute Gasteiger partial charge is 0.497 e. The first-order chi connectivity index (χ1) is 12.3. The van der Waals surface area contributed by atoms with Crippen molar-refractivity contribution in [3.63, 3.8) is 0 Å². The standard InChI is InChI=1S/C19H22N2O4S/c1-13-5-7-14(8-6-13)17-12-18(21(20-17)26(4,22)23)16-11-15(24-2)9-10-19(16)25-3/h5-11,18H,12H2,1-4H3/t18-/m0/s1. The summed E-state index contributed by atoms with van der Waals surface area (Å²) in [6, 6.07) is 12.8. The van der Waals surface area contributed by atoms with Gasteiger partial charge in [-0.05, 0) is 30.7 Å². The highest BCUT2D eigenvalue weighted by atomic mass is 32.2. The number of hydrogen-bond acceptors (Lipinski definition) is 5. The summed E-state index contributed by atoms with van der Waals surface area (Å²) < 4.78 is 36.6. The van der Waals surface area contributed by atoms with Crippen molar-refractivity contribution >= 4 is 15.7 Å². The lowest BCUT2D eigenvalue weighted by Crippen LogP contribution is -2.26. The first kappa shape index (κ1) is 18.3. The third-order valence-electron chi connectivity index (χ3n) is 4.39. The van der Waals surface area contributed by atoms with Crippen LogP contribution in [0.4, 0.5) is 0 Å². The van der Waals surface area contributed by atoms with Crippen LogP contribution in [-0.2, 0) is 10.0 Å². The van der Waals surface area contributed by atoms with Gasteiger partial charge in [0.2, 0.25) is 10.0 Å². The van der Waals surface area contributed by atoms with E-state index in [2.05, 4.69) is 5.10 Å². The molecule has 0 bridgehead atoms. The summed E-state index contributed by atoms with van der Waals surface area (Å²) in [5, 5.41) is 4.41. The number of hydrazone groups is 1. The number of aryl methyl sites for hydroxylation is 1. The Morgan fingerprint density at radius 3 is 2.35 bits per heavy atom. The Kier molecular flexibility index (Phi) is 4.91. The first-order valence-electron chi connectivity index (χ1n) is 8.19. The Morgan fingerprint density at radius 2 is 1.77 bits per heavy atom. The molecule has 0 amide bonds. The van der Waals surface area contributed by atoms with Gasteiger partial charge in [0.1, 0.15) is 11.5 Å². The van der Waals surface area contributed by atoms with Crippen LogP contribution in [0.5, 0.6) is 11.5 Å². The molecule has 6 nitrogen and oxygen atoms in total. The molecule has 2 aromatic carbocycles. The predicted molar refractivity (Wildman–Crippen MR) is 101 cm³/mol. The fourth-order valence-corrected chi connectivity index (χ4v) is 3.94. The zero-order chi connectivity index (χ0) is 18.9. The summed E-state index contributed by atoms with van der Waals surface area (Å²) in [5.41, 5.74) is 3.50. The molecular weight excluding hydrogens is 352 g/mol. The topological polar surface area (TPSA) is 68.2 Å². The maximum atomic E-state index is 12.3. The fourth-order valence-electron chi connectivity index (χ4n) is 3.05. The molecule has 0 radical (unpaired) electrons. The summed E-state index contributed by atoms with van der Waals surface area (Å²) in [5.74, 6) is 1.24. The van der Waals surface area contributed by atoms with Gasteiger partial charge in [-0.1, -0.05) is 29.8 Å². The van der Waals surface area contributed by atoms with Gasteiger partial charge in [0.05, 0.1) is 32.2 Å². The van der Waals surface area contributed by atoms with Crippen LogP contribution in [0.25, 0.3) is 0 Å². The second-order valence-electron chi connectivity index (χ2n) is 6.28. The Morgan fingerprint density at radius 1 is 1.08 bits per heavy atom. The van der Waals surface area contributed by atoms with Crippen LogP contribution in [0.3, 0.4) is 0 Å². The fraction of sp³-hybridized carbons (Fsp3) is 0.316. The molecule has 0 aromatic heterocycles. The number of benzene rings is 2. The number of methoxy groups -OCH3 is 2. The molecule has 1 aliphatic rings. The number of sulfonamides is 1. The highest BCUT2D eigenvalue weighted by molar-refractivity contribution is 7.88. The van der Waals surface area contributed by atoms with Gasteiger partial charge in [-0.3, -0.25) is 0 Å². The molecule has 0 aliphatic carbocycles. The van der Waals surface area contributed by atoms with Crippen LogP contribution in [0.15, 0.2) is 47.6 Å². The van der Waals surface area contributed by atoms with E-state index >= 15 is 0 Å². The van der Waals surface area contributed by atoms with Gasteiger partial charge in [-0.15, -0.1) is 0 Å². The van der Waals surface area contributed by atoms with Crippen LogP contribution in [0.1, 0.15) is 29.2 Å². The molecule has 0 unspecified atom stereocenters. The smallest absolute Gasteiger partial charge is 0.247 e. The van der Waals surface area contributed by atoms with E-state index in [-0.39, 0.29) is 0 Å². The summed E-state index contributed by atoms with van der Waals surface area (Å²) in [4.78, 5) is 0. The maximum absolute atomic E-state index is 12.3. The van der Waals surface area contributed by atoms with Crippen molar-refractivity contribution in [3.05, 3.63) is 59.2 Å². The lowest BCUT2D eigenvalue weighted by molar-refractivity contribution is 0.348. The predicted octanol–water partition coefficient (Wildman–Crippen LogP) is 3.12. The monoisotopic (exact) mass is 374 g/mol. The zero-order valence-electron chi connectivity index (χ0n) is 15.3. The minimum Gasteiger partial charge on any atom is -0.497 e. The van der Waals surface area contributed by atoms with E-state index < -0.39 is 16.1 Å². The number of ether oxygens (including phenoxy) is 2. The molecule has 2 aromatic rings. The SMILES string of the molecule is COc1ccc(OC)c([C@@H]2CC(c3ccc(C)cc3)=NN2S(C)(=O)=O)c1. The zero-order valence-corrected chi connectivity index (χ0v) is 16.1. The van der Waals surface area contributed by atoms with Gasteiger partial charge >= 0.3 is 0 Å². The van der Waals surface area contributed by atoms with E-state index in [1.165, 1.54) is 4.41 Å². The number of hydrogen-bond donors (Lipinski definition) is 0. The Labute approximate surface area is 154 Å². The second kappa shape index (κ2) is 6.99. The lowest BCUT2D eigenvalue weighted by atomic mass is 9.97. The molecule has 0 saturated carbocycles. The van der Waals surface area contributed by atoms with Gasteiger partial charge in [0.25, 0.3) is 0 Å². The minimum absolute atomic E-state index is 0.458. The molecule has 1 heterocycles. The third-order valence-corrected chi connectivity index (χ3v) is 5.41. The molecule has 0 saturated heterocycles. The van der Waals surface area contributed by atoms with Crippen LogP contribution in [0, 0.1) is 6.92 Å². The average molecular weight is 374 g/mol. The number of rotatable bonds is 5. The van der Waals surface area contributed by atoms with Crippen LogP contribution in [0.2, 0.25) is 0 Å². The maximum Gasteiger partial charge on any atom is 0.247 e. The van der Waals surface area contributed by atoms with Crippen molar-refractivity contribution < 1.29 is 17.9 Å². The molecule has 1 aliphatic heterocycles. The minimum atomic E-state index is -3.54. The van der Waals surface area contributed by atoms with E-state index in [0.717, 1.165) is 28.7 Å². The molecule has 26 heavy (non-hydrogen) atoms. The van der Waals surface area contributed by atoms with E-state index in [1.54, 1.807) is 32.4 Å². The molecule has 0 fully saturated rings. The van der Waals surface area contributed by atoms with Crippen molar-refractivity contribution in [2.45, 2.75) is 19.4 Å². The van der Waals surface area contributed by atoms with Crippen molar-refractivity contribution in [2.75, 3.05) is 20.5 Å². The van der Waals surface area contributed by atoms with E-state index in [1.807, 2.05) is 31.2 Å². The normalized spacial score (nSPS) is 17.2. The summed E-state index contributed by atoms with van der Waals surface area (Å²) in [6.45, 7) is 2.01. The summed E-state index contributed by atoms with van der Waals surface area (Å²) >= 11 is 0. The molecule has 7 heteroatoms. The van der Waals surface area contributed by atoms with Crippen molar-refractivity contribution in [3.8, 4) is 11.5 Å². The van der Waals surface area contributed by atoms with Gasteiger partial charge in [-0.2, -0.15) is 9.52 Å². The Balaban J connectivity index is 2.06. The Bertz CT molecular complexity index is 937. The van der Waals surface area contributed by atoms with E-state index in [9.17, 15) is 8.42 Å². The summed E-state index contributed by atoms with van der Waals surface area (Å²) in [6.07, 6.45) is 1.62. The first-order valence-corrected chi connectivity index (χ1v) is 10.0. The van der Waals surface area contributed by atoms with E-state index in [0.29, 0.717) is 17.9 Å². The van der Waals surface area contributed by atoms with Crippen molar-refractivity contribution in [1.29, 1.82) is 0 Å². The highest BCUT2D eigenvalue weighted by Gasteiger charge is 2.36. The van der Waals surface area contributed by atoms with Crippen LogP contribution >= 0.6 is 0 Å². The van der Waals surface area contributed by atoms with Gasteiger partial charge in [0.15, 0.2) is 0 Å². The highest BCUT2D eigenvalue weighted by Crippen LogP contribution is 2.40. The van der Waals surface area contributed by atoms with Crippen LogP contribution < -0.4 is 9.47 Å². The third kappa shape index (κ3) is 3.53. The molecule has 1 atom stereocenters. The second-order valence-corrected chi connectivity index (χ2v) is 8.12.